The highest BCUT2D eigenvalue weighted by molar-refractivity contribution is 7.92. The fourth-order valence-electron chi connectivity index (χ4n) is 2.19. The molecule has 0 aliphatic carbocycles. The molecule has 10 nitrogen and oxygen atoms in total. The molecule has 1 aromatic carbocycles. The second-order valence-corrected chi connectivity index (χ2v) is 7.01. The van der Waals surface area contributed by atoms with Crippen molar-refractivity contribution in [3.63, 3.8) is 0 Å². The predicted octanol–water partition coefficient (Wildman–Crippen LogP) is 1.42. The van der Waals surface area contributed by atoms with Crippen LogP contribution in [0.5, 0.6) is 17.5 Å². The summed E-state index contributed by atoms with van der Waals surface area (Å²) in [5.74, 6) is 4.63. The van der Waals surface area contributed by atoms with Crippen molar-refractivity contribution in [3.8, 4) is 29.4 Å². The van der Waals surface area contributed by atoms with Gasteiger partial charge in [-0.2, -0.15) is 4.98 Å². The van der Waals surface area contributed by atoms with Crippen molar-refractivity contribution in [3.05, 3.63) is 35.9 Å². The Kier molecular flexibility index (Phi) is 7.24. The normalized spacial score (nSPS) is 10.3. The Hall–Kier alpha value is -3.49. The SMILES string of the molecule is CC#CCOc1ccc(S(=O)(=O)Nc2c(C(=O)NO)cc(OC)nc2OC)cc1. The van der Waals surface area contributed by atoms with Crippen LogP contribution in [-0.2, 0) is 10.0 Å². The van der Waals surface area contributed by atoms with Crippen LogP contribution in [0.2, 0.25) is 0 Å². The summed E-state index contributed by atoms with van der Waals surface area (Å²) in [6.07, 6.45) is 0. The van der Waals surface area contributed by atoms with Gasteiger partial charge in [0.25, 0.3) is 15.9 Å². The van der Waals surface area contributed by atoms with Gasteiger partial charge in [0, 0.05) is 6.07 Å². The minimum Gasteiger partial charge on any atom is -0.481 e. The number of carbonyl (C=O) groups excluding carboxylic acids is 1. The van der Waals surface area contributed by atoms with Crippen LogP contribution >= 0.6 is 0 Å². The van der Waals surface area contributed by atoms with Gasteiger partial charge in [-0.3, -0.25) is 14.7 Å². The zero-order valence-electron chi connectivity index (χ0n) is 15.8. The Bertz CT molecular complexity index is 1040. The summed E-state index contributed by atoms with van der Waals surface area (Å²) in [5, 5.41) is 8.97. The van der Waals surface area contributed by atoms with E-state index >= 15 is 0 Å². The number of hydrogen-bond acceptors (Lipinski definition) is 8. The van der Waals surface area contributed by atoms with E-state index in [1.165, 1.54) is 44.0 Å². The molecule has 0 unspecified atom stereocenters. The maximum absolute atomic E-state index is 12.8. The van der Waals surface area contributed by atoms with Crippen molar-refractivity contribution in [1.82, 2.24) is 10.5 Å². The van der Waals surface area contributed by atoms with Crippen molar-refractivity contribution in [1.29, 1.82) is 0 Å². The number of benzene rings is 1. The van der Waals surface area contributed by atoms with Crippen LogP contribution in [0.1, 0.15) is 17.3 Å². The van der Waals surface area contributed by atoms with Crippen molar-refractivity contribution in [2.45, 2.75) is 11.8 Å². The summed E-state index contributed by atoms with van der Waals surface area (Å²) >= 11 is 0. The molecule has 3 N–H and O–H groups in total. The summed E-state index contributed by atoms with van der Waals surface area (Å²) < 4.78 is 43.2. The number of sulfonamides is 1. The summed E-state index contributed by atoms with van der Waals surface area (Å²) in [5.41, 5.74) is 0.924. The largest absolute Gasteiger partial charge is 0.481 e. The first-order valence-electron chi connectivity index (χ1n) is 8.09. The lowest BCUT2D eigenvalue weighted by Crippen LogP contribution is -2.23. The summed E-state index contributed by atoms with van der Waals surface area (Å²) in [7, 11) is -1.58. The standard InChI is InChI=1S/C18H19N3O7S/c1-4-5-10-28-12-6-8-13(9-7-12)29(24,25)21-16-14(17(22)20-23)11-15(26-2)19-18(16)27-3/h6-9,11,21,23H,10H2,1-3H3,(H,20,22). The van der Waals surface area contributed by atoms with Gasteiger partial charge in [0.05, 0.1) is 24.7 Å². The molecule has 1 amide bonds. The van der Waals surface area contributed by atoms with Crippen LogP contribution in [0.3, 0.4) is 0 Å². The van der Waals surface area contributed by atoms with E-state index in [9.17, 15) is 13.2 Å². The van der Waals surface area contributed by atoms with Gasteiger partial charge in [0.15, 0.2) is 0 Å². The zero-order valence-corrected chi connectivity index (χ0v) is 16.7. The minimum atomic E-state index is -4.13. The van der Waals surface area contributed by atoms with E-state index in [-0.39, 0.29) is 34.5 Å². The molecule has 0 aliphatic rings. The quantitative estimate of drug-likeness (QED) is 0.331. The Balaban J connectivity index is 2.40. The molecule has 0 aliphatic heterocycles. The topological polar surface area (TPSA) is 136 Å². The average molecular weight is 421 g/mol. The van der Waals surface area contributed by atoms with Gasteiger partial charge in [-0.1, -0.05) is 5.92 Å². The van der Waals surface area contributed by atoms with Gasteiger partial charge in [0.1, 0.15) is 18.0 Å². The van der Waals surface area contributed by atoms with Crippen LogP contribution in [-0.4, -0.2) is 45.3 Å². The van der Waals surface area contributed by atoms with Crippen molar-refractivity contribution >= 4 is 21.6 Å². The van der Waals surface area contributed by atoms with Gasteiger partial charge < -0.3 is 14.2 Å². The van der Waals surface area contributed by atoms with Crippen LogP contribution in [0.4, 0.5) is 5.69 Å². The molecule has 0 radical (unpaired) electrons. The Morgan fingerprint density at radius 3 is 2.45 bits per heavy atom. The van der Waals surface area contributed by atoms with Gasteiger partial charge in [-0.15, -0.1) is 5.92 Å². The fraction of sp³-hybridized carbons (Fsp3) is 0.222. The number of nitrogens with one attached hydrogen (secondary N) is 2. The van der Waals surface area contributed by atoms with E-state index in [0.717, 1.165) is 6.07 Å². The molecule has 0 atom stereocenters. The number of rotatable bonds is 8. The van der Waals surface area contributed by atoms with Crippen molar-refractivity contribution < 1.29 is 32.6 Å². The highest BCUT2D eigenvalue weighted by Crippen LogP contribution is 2.32. The number of pyridine rings is 1. The Morgan fingerprint density at radius 1 is 1.21 bits per heavy atom. The minimum absolute atomic E-state index is 0.0138. The van der Waals surface area contributed by atoms with E-state index in [0.29, 0.717) is 5.75 Å². The molecule has 0 fully saturated rings. The van der Waals surface area contributed by atoms with E-state index in [1.807, 2.05) is 0 Å². The third-order valence-corrected chi connectivity index (χ3v) is 4.94. The molecule has 29 heavy (non-hydrogen) atoms. The predicted molar refractivity (Wildman–Crippen MR) is 103 cm³/mol. The third-order valence-electron chi connectivity index (χ3n) is 3.57. The van der Waals surface area contributed by atoms with Crippen molar-refractivity contribution in [2.24, 2.45) is 0 Å². The van der Waals surface area contributed by atoms with E-state index in [2.05, 4.69) is 21.5 Å². The van der Waals surface area contributed by atoms with Crippen LogP contribution < -0.4 is 24.4 Å². The van der Waals surface area contributed by atoms with Gasteiger partial charge in [-0.05, 0) is 31.2 Å². The van der Waals surface area contributed by atoms with Crippen LogP contribution in [0.15, 0.2) is 35.2 Å². The highest BCUT2D eigenvalue weighted by atomic mass is 32.2. The third kappa shape index (κ3) is 5.28. The lowest BCUT2D eigenvalue weighted by molar-refractivity contribution is 0.0706. The molecule has 1 heterocycles. The van der Waals surface area contributed by atoms with Gasteiger partial charge >= 0.3 is 0 Å². The number of ether oxygens (including phenoxy) is 3. The van der Waals surface area contributed by atoms with Crippen molar-refractivity contribution in [2.75, 3.05) is 25.5 Å². The number of hydrogen-bond donors (Lipinski definition) is 3. The van der Waals surface area contributed by atoms with Gasteiger partial charge in [-0.25, -0.2) is 13.9 Å². The van der Waals surface area contributed by atoms with E-state index in [4.69, 9.17) is 19.4 Å². The van der Waals surface area contributed by atoms with E-state index in [1.54, 1.807) is 6.92 Å². The number of carbonyl (C=O) groups is 1. The molecule has 11 heteroatoms. The number of hydroxylamine groups is 1. The molecular weight excluding hydrogens is 402 g/mol. The average Bonchev–Trinajstić information content (AvgIpc) is 2.73. The molecule has 2 rings (SSSR count). The highest BCUT2D eigenvalue weighted by Gasteiger charge is 2.25. The number of aromatic nitrogens is 1. The first-order chi connectivity index (χ1) is 13.9. The summed E-state index contributed by atoms with van der Waals surface area (Å²) in [4.78, 5) is 15.9. The van der Waals surface area contributed by atoms with E-state index < -0.39 is 15.9 Å². The van der Waals surface area contributed by atoms with Crippen LogP contribution in [0, 0.1) is 11.8 Å². The number of methoxy groups -OCH3 is 2. The smallest absolute Gasteiger partial charge is 0.277 e. The molecule has 2 aromatic rings. The second-order valence-electron chi connectivity index (χ2n) is 5.33. The fourth-order valence-corrected chi connectivity index (χ4v) is 3.27. The number of nitrogens with zero attached hydrogens (tertiary/aromatic N) is 1. The maximum atomic E-state index is 12.8. The van der Waals surface area contributed by atoms with Gasteiger partial charge in [0.2, 0.25) is 11.8 Å². The number of amides is 1. The lowest BCUT2D eigenvalue weighted by atomic mass is 10.2. The second kappa shape index (κ2) is 9.63. The molecule has 0 bridgehead atoms. The molecular formula is C18H19N3O7S. The molecule has 0 spiro atoms. The zero-order chi connectivity index (χ0) is 21.4. The maximum Gasteiger partial charge on any atom is 0.277 e. The Morgan fingerprint density at radius 2 is 1.90 bits per heavy atom. The molecule has 1 aromatic heterocycles. The number of anilines is 1. The molecule has 0 saturated carbocycles. The summed E-state index contributed by atoms with van der Waals surface area (Å²) in [6.45, 7) is 1.85. The lowest BCUT2D eigenvalue weighted by Gasteiger charge is -2.15. The Labute approximate surface area is 167 Å². The van der Waals surface area contributed by atoms with Crippen LogP contribution in [0.25, 0.3) is 0 Å². The molecule has 0 saturated heterocycles. The molecule has 154 valence electrons. The monoisotopic (exact) mass is 421 g/mol. The first-order valence-corrected chi connectivity index (χ1v) is 9.57. The summed E-state index contributed by atoms with van der Waals surface area (Å²) in [6, 6.07) is 6.74. The first kappa shape index (κ1) is 21.8.